The molecule has 0 aromatic carbocycles. The van der Waals surface area contributed by atoms with Crippen molar-refractivity contribution in [1.82, 2.24) is 0 Å². The van der Waals surface area contributed by atoms with E-state index in [2.05, 4.69) is 10.2 Å². The molecular weight excluding hydrogens is 190 g/mol. The molecule has 1 aliphatic carbocycles. The number of nitrogens with zero attached hydrogens (tertiary/aromatic N) is 2. The minimum absolute atomic E-state index is 0.189. The molecule has 6 heteroatoms. The van der Waals surface area contributed by atoms with Gasteiger partial charge >= 0.3 is 0 Å². The van der Waals surface area contributed by atoms with E-state index in [0.717, 1.165) is 0 Å². The van der Waals surface area contributed by atoms with Crippen LogP contribution in [0.4, 0.5) is 0 Å². The highest BCUT2D eigenvalue weighted by Crippen LogP contribution is 2.12. The molecule has 2 N–H and O–H groups in total. The summed E-state index contributed by atoms with van der Waals surface area (Å²) in [5, 5.41) is 7.37. The second kappa shape index (κ2) is 2.67. The maximum absolute atomic E-state index is 10.6. The highest BCUT2D eigenvalue weighted by atomic mass is 32.2. The molecule has 0 fully saturated rings. The Labute approximate surface area is 75.5 Å². The zero-order valence-electron chi connectivity index (χ0n) is 6.43. The molecule has 1 heterocycles. The highest BCUT2D eigenvalue weighted by molar-refractivity contribution is 7.73. The van der Waals surface area contributed by atoms with Crippen LogP contribution in [-0.4, -0.2) is 24.8 Å². The van der Waals surface area contributed by atoms with Crippen LogP contribution in [-0.2, 0) is 10.3 Å². The smallest absolute Gasteiger partial charge is 0.221 e. The lowest BCUT2D eigenvalue weighted by molar-refractivity contribution is 0.627. The van der Waals surface area contributed by atoms with Gasteiger partial charge in [0.05, 0.1) is 10.6 Å². The molecule has 0 radical (unpaired) electrons. The predicted molar refractivity (Wildman–Crippen MR) is 50.2 cm³/mol. The van der Waals surface area contributed by atoms with Crippen molar-refractivity contribution in [3.63, 3.8) is 0 Å². The fraction of sp³-hybridized carbons (Fsp3) is 0. The Balaban J connectivity index is 2.61. The molecule has 0 saturated carbocycles. The minimum Gasteiger partial charge on any atom is -0.382 e. The van der Waals surface area contributed by atoms with Crippen LogP contribution >= 0.6 is 0 Å². The fourth-order valence-electron chi connectivity index (χ4n) is 1.07. The van der Waals surface area contributed by atoms with Gasteiger partial charge in [-0.1, -0.05) is 0 Å². The van der Waals surface area contributed by atoms with Crippen LogP contribution in [0.5, 0.6) is 0 Å². The third kappa shape index (κ3) is 1.20. The molecule has 0 saturated heterocycles. The van der Waals surface area contributed by atoms with Crippen LogP contribution in [0.25, 0.3) is 0 Å². The molecule has 0 atom stereocenters. The third-order valence-corrected chi connectivity index (χ3v) is 2.34. The Kier molecular flexibility index (Phi) is 1.63. The number of allylic oxidation sites excluding steroid dienone is 3. The maximum Gasteiger partial charge on any atom is 0.221 e. The number of hydrogen-bond acceptors (Lipinski definition) is 5. The van der Waals surface area contributed by atoms with Gasteiger partial charge in [-0.05, 0) is 18.2 Å². The average Bonchev–Trinajstić information content (AvgIpc) is 2.47. The highest BCUT2D eigenvalue weighted by Gasteiger charge is 2.18. The Morgan fingerprint density at radius 2 is 2.00 bits per heavy atom. The average molecular weight is 195 g/mol. The van der Waals surface area contributed by atoms with Crippen molar-refractivity contribution in [2.75, 3.05) is 0 Å². The number of hydrogen-bond donors (Lipinski definition) is 1. The Hall–Kier alpha value is -1.69. The van der Waals surface area contributed by atoms with Crippen molar-refractivity contribution in [2.45, 2.75) is 0 Å². The quantitative estimate of drug-likeness (QED) is 0.516. The van der Waals surface area contributed by atoms with E-state index in [9.17, 15) is 8.42 Å². The van der Waals surface area contributed by atoms with Crippen LogP contribution in [0, 0.1) is 0 Å². The van der Waals surface area contributed by atoms with Gasteiger partial charge in [0.2, 0.25) is 10.3 Å². The first-order chi connectivity index (χ1) is 6.18. The van der Waals surface area contributed by atoms with Crippen molar-refractivity contribution in [3.8, 4) is 0 Å². The van der Waals surface area contributed by atoms with E-state index in [1.165, 1.54) is 12.2 Å². The first-order valence-corrected chi connectivity index (χ1v) is 4.54. The Morgan fingerprint density at radius 3 is 2.69 bits per heavy atom. The van der Waals surface area contributed by atoms with Gasteiger partial charge in [-0.3, -0.25) is 0 Å². The van der Waals surface area contributed by atoms with Gasteiger partial charge in [-0.15, -0.1) is 10.2 Å². The van der Waals surface area contributed by atoms with Crippen molar-refractivity contribution < 1.29 is 8.42 Å². The monoisotopic (exact) mass is 195 g/mol. The van der Waals surface area contributed by atoms with E-state index >= 15 is 0 Å². The number of nitrogens with two attached hydrogens (primary N) is 1. The van der Waals surface area contributed by atoms with Gasteiger partial charge < -0.3 is 5.73 Å². The number of rotatable bonds is 0. The van der Waals surface area contributed by atoms with Crippen LogP contribution in [0.2, 0.25) is 0 Å². The van der Waals surface area contributed by atoms with Crippen LogP contribution in [0.15, 0.2) is 34.0 Å². The molecule has 13 heavy (non-hydrogen) atoms. The standard InChI is InChI=1S/C7H5N3O2S/c8-7-5-3-4(13(11)12)1-2-6(5)9-10-7/h1-3H,(H2,8,10). The summed E-state index contributed by atoms with van der Waals surface area (Å²) in [6, 6.07) is 0. The van der Waals surface area contributed by atoms with E-state index in [-0.39, 0.29) is 10.7 Å². The van der Waals surface area contributed by atoms with Gasteiger partial charge in [-0.25, -0.2) is 0 Å². The summed E-state index contributed by atoms with van der Waals surface area (Å²) in [5.74, 6) is 0.252. The van der Waals surface area contributed by atoms with Gasteiger partial charge in [0.25, 0.3) is 0 Å². The SMILES string of the molecule is NC1=NN=C2C=CC(=S(=O)=O)C=C12. The summed E-state index contributed by atoms with van der Waals surface area (Å²) in [6.07, 6.45) is 4.48. The van der Waals surface area contributed by atoms with Crippen LogP contribution in [0.3, 0.4) is 0 Å². The molecular formula is C7H5N3O2S. The second-order valence-corrected chi connectivity index (χ2v) is 3.44. The molecule has 2 aliphatic rings. The number of fused-ring (bicyclic) bond motifs is 1. The largest absolute Gasteiger partial charge is 0.382 e. The number of amidine groups is 1. The van der Waals surface area contributed by atoms with E-state index in [1.54, 1.807) is 6.08 Å². The van der Waals surface area contributed by atoms with E-state index in [4.69, 9.17) is 5.73 Å². The summed E-state index contributed by atoms with van der Waals surface area (Å²) >= 11 is 0. The molecule has 5 nitrogen and oxygen atoms in total. The minimum atomic E-state index is -2.24. The molecule has 1 aliphatic heterocycles. The first-order valence-electron chi connectivity index (χ1n) is 3.46. The lowest BCUT2D eigenvalue weighted by Crippen LogP contribution is -2.19. The van der Waals surface area contributed by atoms with Crippen molar-refractivity contribution in [1.29, 1.82) is 0 Å². The third-order valence-electron chi connectivity index (χ3n) is 1.70. The fourth-order valence-corrected chi connectivity index (χ4v) is 1.47. The molecule has 0 spiro atoms. The van der Waals surface area contributed by atoms with Crippen molar-refractivity contribution in [3.05, 3.63) is 23.8 Å². The molecule has 0 aromatic heterocycles. The summed E-state index contributed by atoms with van der Waals surface area (Å²) in [5.41, 5.74) is 6.65. The van der Waals surface area contributed by atoms with Gasteiger partial charge in [0.15, 0.2) is 5.84 Å². The topological polar surface area (TPSA) is 84.9 Å². The zero-order chi connectivity index (χ0) is 9.42. The normalized spacial score (nSPS) is 19.1. The van der Waals surface area contributed by atoms with E-state index < -0.39 is 10.3 Å². The lowest BCUT2D eigenvalue weighted by Gasteiger charge is -2.02. The van der Waals surface area contributed by atoms with E-state index in [0.29, 0.717) is 11.3 Å². The lowest BCUT2D eigenvalue weighted by atomic mass is 10.0. The molecule has 2 rings (SSSR count). The van der Waals surface area contributed by atoms with Gasteiger partial charge in [0.1, 0.15) is 0 Å². The summed E-state index contributed by atoms with van der Waals surface area (Å²) in [7, 11) is -2.24. The zero-order valence-corrected chi connectivity index (χ0v) is 7.25. The molecule has 0 amide bonds. The predicted octanol–water partition coefficient (Wildman–Crippen LogP) is -0.739. The molecule has 66 valence electrons. The molecule has 0 bridgehead atoms. The van der Waals surface area contributed by atoms with Crippen molar-refractivity contribution >= 4 is 26.7 Å². The maximum atomic E-state index is 10.6. The Bertz CT molecular complexity index is 512. The molecule has 0 aromatic rings. The Morgan fingerprint density at radius 1 is 1.23 bits per heavy atom. The molecule has 0 unspecified atom stereocenters. The van der Waals surface area contributed by atoms with Crippen molar-refractivity contribution in [2.24, 2.45) is 15.9 Å². The van der Waals surface area contributed by atoms with E-state index in [1.807, 2.05) is 0 Å². The summed E-state index contributed by atoms with van der Waals surface area (Å²) in [4.78, 5) is 0.189. The van der Waals surface area contributed by atoms with Crippen LogP contribution < -0.4 is 5.73 Å². The van der Waals surface area contributed by atoms with Crippen LogP contribution in [0.1, 0.15) is 0 Å². The second-order valence-electron chi connectivity index (χ2n) is 2.50. The summed E-state index contributed by atoms with van der Waals surface area (Å²) in [6.45, 7) is 0. The van der Waals surface area contributed by atoms with Gasteiger partial charge in [0, 0.05) is 5.57 Å². The first kappa shape index (κ1) is 7.93. The summed E-state index contributed by atoms with van der Waals surface area (Å²) < 4.78 is 21.2. The van der Waals surface area contributed by atoms with Gasteiger partial charge in [-0.2, -0.15) is 8.42 Å².